The summed E-state index contributed by atoms with van der Waals surface area (Å²) in [6, 6.07) is 0. The van der Waals surface area contributed by atoms with E-state index in [9.17, 15) is 14.4 Å². The summed E-state index contributed by atoms with van der Waals surface area (Å²) in [7, 11) is 0. The van der Waals surface area contributed by atoms with Crippen molar-refractivity contribution in [2.24, 2.45) is 0 Å². The molecular weight excluding hydrogens is 264 g/mol. The van der Waals surface area contributed by atoms with Crippen LogP contribution >= 0.6 is 0 Å². The van der Waals surface area contributed by atoms with Gasteiger partial charge in [-0.15, -0.1) is 0 Å². The van der Waals surface area contributed by atoms with Crippen LogP contribution in [-0.4, -0.2) is 61.1 Å². The molecular formula is C9H16N2O8. The van der Waals surface area contributed by atoms with Crippen LogP contribution in [0, 0.1) is 0 Å². The maximum atomic E-state index is 11.0. The van der Waals surface area contributed by atoms with Crippen LogP contribution in [0.5, 0.6) is 0 Å². The molecule has 1 atom stereocenters. The molecule has 4 N–H and O–H groups in total. The lowest BCUT2D eigenvalue weighted by Gasteiger charge is -2.10. The molecule has 0 bridgehead atoms. The second-order valence-electron chi connectivity index (χ2n) is 3.15. The number of aliphatic hydroxyl groups excluding tert-OH is 2. The SMILES string of the molecule is CC(=O)OCOC(=O)NCNC(=O)OCC(O)CO. The molecule has 0 saturated carbocycles. The molecule has 0 radical (unpaired) electrons. The quantitative estimate of drug-likeness (QED) is 0.318. The van der Waals surface area contributed by atoms with E-state index in [0.29, 0.717) is 0 Å². The Kier molecular flexibility index (Phi) is 8.83. The van der Waals surface area contributed by atoms with Crippen molar-refractivity contribution in [3.63, 3.8) is 0 Å². The van der Waals surface area contributed by atoms with Gasteiger partial charge in [0, 0.05) is 6.92 Å². The number of rotatable bonds is 7. The molecule has 19 heavy (non-hydrogen) atoms. The number of esters is 1. The van der Waals surface area contributed by atoms with E-state index in [4.69, 9.17) is 10.2 Å². The van der Waals surface area contributed by atoms with Crippen molar-refractivity contribution in [3.8, 4) is 0 Å². The molecule has 0 aliphatic heterocycles. The molecule has 0 fully saturated rings. The van der Waals surface area contributed by atoms with Crippen molar-refractivity contribution < 1.29 is 38.8 Å². The predicted octanol–water partition coefficient (Wildman–Crippen LogP) is -1.73. The summed E-state index contributed by atoms with van der Waals surface area (Å²) >= 11 is 0. The molecule has 0 heterocycles. The second-order valence-corrected chi connectivity index (χ2v) is 3.15. The fourth-order valence-corrected chi connectivity index (χ4v) is 0.681. The molecule has 0 aromatic rings. The summed E-state index contributed by atoms with van der Waals surface area (Å²) in [6.07, 6.45) is -2.96. The number of nitrogens with one attached hydrogen (secondary N) is 2. The van der Waals surface area contributed by atoms with Crippen LogP contribution in [-0.2, 0) is 19.0 Å². The first kappa shape index (κ1) is 16.9. The van der Waals surface area contributed by atoms with Gasteiger partial charge >= 0.3 is 18.2 Å². The maximum Gasteiger partial charge on any atom is 0.411 e. The van der Waals surface area contributed by atoms with Crippen LogP contribution in [0.3, 0.4) is 0 Å². The zero-order chi connectivity index (χ0) is 14.7. The summed E-state index contributed by atoms with van der Waals surface area (Å²) in [5.74, 6) is -0.600. The average Bonchev–Trinajstić information content (AvgIpc) is 2.35. The highest BCUT2D eigenvalue weighted by Crippen LogP contribution is 1.85. The minimum atomic E-state index is -1.16. The first-order valence-corrected chi connectivity index (χ1v) is 5.19. The van der Waals surface area contributed by atoms with E-state index in [1.165, 1.54) is 0 Å². The smallest absolute Gasteiger partial charge is 0.411 e. The zero-order valence-corrected chi connectivity index (χ0v) is 10.2. The van der Waals surface area contributed by atoms with E-state index in [1.807, 2.05) is 0 Å². The number of carbonyl (C=O) groups is 3. The van der Waals surface area contributed by atoms with Gasteiger partial charge in [-0.25, -0.2) is 9.59 Å². The van der Waals surface area contributed by atoms with Gasteiger partial charge in [0.1, 0.15) is 12.7 Å². The van der Waals surface area contributed by atoms with Gasteiger partial charge < -0.3 is 35.1 Å². The van der Waals surface area contributed by atoms with Gasteiger partial charge in [0.2, 0.25) is 6.79 Å². The summed E-state index contributed by atoms with van der Waals surface area (Å²) in [4.78, 5) is 32.2. The normalized spacial score (nSPS) is 11.1. The lowest BCUT2D eigenvalue weighted by atomic mass is 10.4. The first-order chi connectivity index (χ1) is 8.95. The summed E-state index contributed by atoms with van der Waals surface area (Å²) in [6.45, 7) is -0.575. The van der Waals surface area contributed by atoms with Gasteiger partial charge in [0.05, 0.1) is 13.3 Å². The van der Waals surface area contributed by atoms with Gasteiger partial charge in [-0.3, -0.25) is 4.79 Å². The lowest BCUT2D eigenvalue weighted by molar-refractivity contribution is -0.149. The maximum absolute atomic E-state index is 11.0. The molecule has 10 nitrogen and oxygen atoms in total. The summed E-state index contributed by atoms with van der Waals surface area (Å²) < 4.78 is 13.2. The third-order valence-electron chi connectivity index (χ3n) is 1.54. The van der Waals surface area contributed by atoms with Gasteiger partial charge in [0.15, 0.2) is 0 Å². The van der Waals surface area contributed by atoms with E-state index < -0.39 is 37.7 Å². The van der Waals surface area contributed by atoms with E-state index >= 15 is 0 Å². The molecule has 0 spiro atoms. The summed E-state index contributed by atoms with van der Waals surface area (Å²) in [5, 5.41) is 21.6. The number of ether oxygens (including phenoxy) is 3. The highest BCUT2D eigenvalue weighted by atomic mass is 16.7. The van der Waals surface area contributed by atoms with Crippen molar-refractivity contribution in [3.05, 3.63) is 0 Å². The predicted molar refractivity (Wildman–Crippen MR) is 58.7 cm³/mol. The monoisotopic (exact) mass is 280 g/mol. The van der Waals surface area contributed by atoms with Gasteiger partial charge in [-0.05, 0) is 0 Å². The molecule has 1 unspecified atom stereocenters. The average molecular weight is 280 g/mol. The number of aliphatic hydroxyl groups is 2. The Morgan fingerprint density at radius 1 is 1.11 bits per heavy atom. The third kappa shape index (κ3) is 10.8. The Morgan fingerprint density at radius 3 is 2.21 bits per heavy atom. The molecule has 0 aromatic heterocycles. The summed E-state index contributed by atoms with van der Waals surface area (Å²) in [5.41, 5.74) is 0. The fraction of sp³-hybridized carbons (Fsp3) is 0.667. The van der Waals surface area contributed by atoms with Crippen LogP contribution in [0.15, 0.2) is 0 Å². The molecule has 0 saturated heterocycles. The Hall–Kier alpha value is -2.07. The highest BCUT2D eigenvalue weighted by molar-refractivity contribution is 5.70. The Morgan fingerprint density at radius 2 is 1.68 bits per heavy atom. The molecule has 10 heteroatoms. The highest BCUT2D eigenvalue weighted by Gasteiger charge is 2.08. The zero-order valence-electron chi connectivity index (χ0n) is 10.2. The third-order valence-corrected chi connectivity index (χ3v) is 1.54. The minimum absolute atomic E-state index is 0.285. The first-order valence-electron chi connectivity index (χ1n) is 5.19. The Labute approximate surface area is 108 Å². The molecule has 0 aromatic carbocycles. The molecule has 0 rings (SSSR count). The van der Waals surface area contributed by atoms with Crippen molar-refractivity contribution in [2.45, 2.75) is 13.0 Å². The number of hydrogen-bond donors (Lipinski definition) is 4. The van der Waals surface area contributed by atoms with E-state index in [1.54, 1.807) is 0 Å². The molecule has 0 aliphatic carbocycles. The van der Waals surface area contributed by atoms with Crippen molar-refractivity contribution >= 4 is 18.2 Å². The van der Waals surface area contributed by atoms with E-state index in [2.05, 4.69) is 24.8 Å². The van der Waals surface area contributed by atoms with Crippen LogP contribution in [0.4, 0.5) is 9.59 Å². The minimum Gasteiger partial charge on any atom is -0.447 e. The number of hydrogen-bond acceptors (Lipinski definition) is 8. The van der Waals surface area contributed by atoms with Crippen molar-refractivity contribution in [2.75, 3.05) is 26.7 Å². The molecule has 2 amide bonds. The number of carbonyl (C=O) groups excluding carboxylic acids is 3. The standard InChI is InChI=1S/C9H16N2O8/c1-6(13)18-5-19-9(16)11-4-10-8(15)17-3-7(14)2-12/h7,12,14H,2-5H2,1H3,(H,10,15)(H,11,16). The van der Waals surface area contributed by atoms with Crippen molar-refractivity contribution in [1.82, 2.24) is 10.6 Å². The number of amides is 2. The Balaban J connectivity index is 3.53. The fourth-order valence-electron chi connectivity index (χ4n) is 0.681. The van der Waals surface area contributed by atoms with Gasteiger partial charge in [-0.1, -0.05) is 0 Å². The molecule has 110 valence electrons. The second kappa shape index (κ2) is 9.91. The topological polar surface area (TPSA) is 143 Å². The van der Waals surface area contributed by atoms with Crippen LogP contribution in [0.1, 0.15) is 6.92 Å². The lowest BCUT2D eigenvalue weighted by Crippen LogP contribution is -2.39. The van der Waals surface area contributed by atoms with Crippen LogP contribution in [0.25, 0.3) is 0 Å². The van der Waals surface area contributed by atoms with Crippen molar-refractivity contribution in [1.29, 1.82) is 0 Å². The Bertz CT molecular complexity index is 309. The largest absolute Gasteiger partial charge is 0.447 e. The van der Waals surface area contributed by atoms with Crippen LogP contribution < -0.4 is 10.6 Å². The van der Waals surface area contributed by atoms with E-state index in [0.717, 1.165) is 6.92 Å². The molecule has 0 aliphatic rings. The van der Waals surface area contributed by atoms with Crippen LogP contribution in [0.2, 0.25) is 0 Å². The van der Waals surface area contributed by atoms with Gasteiger partial charge in [-0.2, -0.15) is 0 Å². The van der Waals surface area contributed by atoms with Gasteiger partial charge in [0.25, 0.3) is 0 Å². The van der Waals surface area contributed by atoms with E-state index in [-0.39, 0.29) is 13.3 Å². The number of alkyl carbamates (subject to hydrolysis) is 2.